The predicted octanol–water partition coefficient (Wildman–Crippen LogP) is 0.742. The first-order valence-corrected chi connectivity index (χ1v) is 10.2. The van der Waals surface area contributed by atoms with Crippen molar-refractivity contribution in [2.75, 3.05) is 38.3 Å². The summed E-state index contributed by atoms with van der Waals surface area (Å²) in [7, 11) is -0.351. The molecule has 0 aliphatic carbocycles. The van der Waals surface area contributed by atoms with Gasteiger partial charge in [0.05, 0.1) is 17.0 Å². The number of aryl methyl sites for hydroxylation is 1. The second-order valence-electron chi connectivity index (χ2n) is 6.35. The predicted molar refractivity (Wildman–Crippen MR) is 100 cm³/mol. The third-order valence-corrected chi connectivity index (χ3v) is 6.12. The van der Waals surface area contributed by atoms with E-state index in [1.165, 1.54) is 17.7 Å². The summed E-state index contributed by atoms with van der Waals surface area (Å²) in [6, 6.07) is -0.153. The number of ether oxygens (including phenoxy) is 1. The lowest BCUT2D eigenvalue weighted by atomic mass is 10.0. The van der Waals surface area contributed by atoms with Crippen LogP contribution in [0.4, 0.5) is 5.82 Å². The van der Waals surface area contributed by atoms with Crippen LogP contribution in [0.5, 0.6) is 0 Å². The molecule has 0 bridgehead atoms. The van der Waals surface area contributed by atoms with E-state index >= 15 is 0 Å². The third kappa shape index (κ3) is 3.79. The lowest BCUT2D eigenvalue weighted by molar-refractivity contribution is 0.159. The minimum absolute atomic E-state index is 0.153. The fourth-order valence-electron chi connectivity index (χ4n) is 3.45. The summed E-state index contributed by atoms with van der Waals surface area (Å²) in [4.78, 5) is 10.8. The maximum Gasteiger partial charge on any atom is 0.277 e. The highest BCUT2D eigenvalue weighted by Crippen LogP contribution is 2.33. The average molecular weight is 403 g/mol. The molecule has 0 atom stereocenters. The average Bonchev–Trinajstić information content (AvgIpc) is 2.89. The van der Waals surface area contributed by atoms with E-state index in [1.807, 2.05) is 17.8 Å². The van der Waals surface area contributed by atoms with Gasteiger partial charge in [-0.25, -0.2) is 15.1 Å². The fourth-order valence-corrected chi connectivity index (χ4v) is 4.72. The summed E-state index contributed by atoms with van der Waals surface area (Å²) in [6.07, 6.45) is 4.63. The van der Waals surface area contributed by atoms with E-state index < -0.39 is 10.2 Å². The number of nitrogens with two attached hydrogens (primary N) is 1. The molecule has 0 amide bonds. The molecular weight excluding hydrogens is 380 g/mol. The highest BCUT2D eigenvalue weighted by Gasteiger charge is 2.31. The van der Waals surface area contributed by atoms with E-state index in [4.69, 9.17) is 21.5 Å². The number of piperidine rings is 1. The van der Waals surface area contributed by atoms with Gasteiger partial charge in [-0.3, -0.25) is 0 Å². The molecule has 3 heterocycles. The Balaban J connectivity index is 1.78. The Morgan fingerprint density at radius 2 is 2.08 bits per heavy atom. The van der Waals surface area contributed by atoms with Crippen LogP contribution in [0.3, 0.4) is 0 Å². The molecule has 1 fully saturated rings. The van der Waals surface area contributed by atoms with E-state index in [9.17, 15) is 8.42 Å². The molecule has 0 saturated carbocycles. The van der Waals surface area contributed by atoms with Crippen molar-refractivity contribution in [3.8, 4) is 0 Å². The minimum Gasteiger partial charge on any atom is -0.383 e. The first-order chi connectivity index (χ1) is 12.3. The highest BCUT2D eigenvalue weighted by atomic mass is 35.5. The van der Waals surface area contributed by atoms with E-state index in [-0.39, 0.29) is 12.6 Å². The summed E-state index contributed by atoms with van der Waals surface area (Å²) in [5.41, 5.74) is 0.772. The molecule has 11 heteroatoms. The van der Waals surface area contributed by atoms with Crippen LogP contribution >= 0.6 is 11.6 Å². The molecule has 0 unspecified atom stereocenters. The van der Waals surface area contributed by atoms with Gasteiger partial charge in [0.2, 0.25) is 0 Å². The number of halogens is 1. The Bertz CT molecular complexity index is 879. The molecule has 26 heavy (non-hydrogen) atoms. The summed E-state index contributed by atoms with van der Waals surface area (Å²) in [5.74, 6) is 0.776. The SMILES string of the molecule is COCCN(C1CCN(c2ncnc3c2c(Cl)cn3C)CC1)S(N)(=O)=O. The van der Waals surface area contributed by atoms with E-state index in [0.717, 1.165) is 16.9 Å². The number of hydrogen-bond donors (Lipinski definition) is 1. The van der Waals surface area contributed by atoms with Crippen LogP contribution in [-0.4, -0.2) is 66.7 Å². The summed E-state index contributed by atoms with van der Waals surface area (Å²) in [5, 5.41) is 6.80. The Morgan fingerprint density at radius 3 is 2.69 bits per heavy atom. The van der Waals surface area contributed by atoms with Crippen molar-refractivity contribution in [1.29, 1.82) is 0 Å². The lowest BCUT2D eigenvalue weighted by Crippen LogP contribution is -2.50. The molecule has 0 radical (unpaired) electrons. The maximum absolute atomic E-state index is 11.9. The second-order valence-corrected chi connectivity index (χ2v) is 8.26. The lowest BCUT2D eigenvalue weighted by Gasteiger charge is -2.37. The van der Waals surface area contributed by atoms with Gasteiger partial charge in [0.15, 0.2) is 0 Å². The molecular formula is C15H23ClN6O3S. The van der Waals surface area contributed by atoms with Crippen LogP contribution < -0.4 is 10.0 Å². The van der Waals surface area contributed by atoms with Crippen LogP contribution in [0.2, 0.25) is 5.02 Å². The zero-order valence-corrected chi connectivity index (χ0v) is 16.4. The third-order valence-electron chi connectivity index (χ3n) is 4.70. The maximum atomic E-state index is 11.9. The van der Waals surface area contributed by atoms with Gasteiger partial charge in [-0.05, 0) is 12.8 Å². The van der Waals surface area contributed by atoms with Gasteiger partial charge < -0.3 is 14.2 Å². The van der Waals surface area contributed by atoms with E-state index in [1.54, 1.807) is 0 Å². The molecule has 2 aromatic heterocycles. The van der Waals surface area contributed by atoms with Crippen LogP contribution in [0.1, 0.15) is 12.8 Å². The Hall–Kier alpha value is -1.46. The topological polar surface area (TPSA) is 107 Å². The van der Waals surface area contributed by atoms with Crippen molar-refractivity contribution < 1.29 is 13.2 Å². The molecule has 144 valence electrons. The van der Waals surface area contributed by atoms with Crippen molar-refractivity contribution in [3.05, 3.63) is 17.5 Å². The van der Waals surface area contributed by atoms with Crippen LogP contribution in [-0.2, 0) is 22.0 Å². The van der Waals surface area contributed by atoms with Crippen molar-refractivity contribution in [1.82, 2.24) is 18.8 Å². The normalized spacial score (nSPS) is 16.7. The van der Waals surface area contributed by atoms with Crippen LogP contribution in [0.15, 0.2) is 12.5 Å². The molecule has 9 nitrogen and oxygen atoms in total. The largest absolute Gasteiger partial charge is 0.383 e. The molecule has 2 N–H and O–H groups in total. The molecule has 2 aromatic rings. The highest BCUT2D eigenvalue weighted by molar-refractivity contribution is 7.86. The van der Waals surface area contributed by atoms with Crippen molar-refractivity contribution >= 4 is 38.7 Å². The standard InChI is InChI=1S/C15H23ClN6O3S/c1-20-9-12(16)13-14(20)18-10-19-15(13)21-5-3-11(4-6-21)22(7-8-25-2)26(17,23)24/h9-11H,3-8H2,1-2H3,(H2,17,23,24). The van der Waals surface area contributed by atoms with Gasteiger partial charge >= 0.3 is 0 Å². The smallest absolute Gasteiger partial charge is 0.277 e. The first-order valence-electron chi connectivity index (χ1n) is 8.32. The number of methoxy groups -OCH3 is 1. The molecule has 3 rings (SSSR count). The number of anilines is 1. The number of nitrogens with zero attached hydrogens (tertiary/aromatic N) is 5. The monoisotopic (exact) mass is 402 g/mol. The minimum atomic E-state index is -3.77. The van der Waals surface area contributed by atoms with Gasteiger partial charge in [-0.15, -0.1) is 0 Å². The van der Waals surface area contributed by atoms with Gasteiger partial charge in [0.1, 0.15) is 17.8 Å². The van der Waals surface area contributed by atoms with E-state index in [0.29, 0.717) is 37.6 Å². The molecule has 0 spiro atoms. The second kappa shape index (κ2) is 7.65. The first kappa shape index (κ1) is 19.3. The van der Waals surface area contributed by atoms with E-state index in [2.05, 4.69) is 14.9 Å². The van der Waals surface area contributed by atoms with Crippen molar-refractivity contribution in [2.45, 2.75) is 18.9 Å². The Labute approximate surface area is 157 Å². The number of rotatable bonds is 6. The van der Waals surface area contributed by atoms with Gasteiger partial charge in [-0.2, -0.15) is 12.7 Å². The van der Waals surface area contributed by atoms with Gasteiger partial charge in [0, 0.05) is 46.0 Å². The quantitative estimate of drug-likeness (QED) is 0.763. The Kier molecular flexibility index (Phi) is 5.68. The van der Waals surface area contributed by atoms with Gasteiger partial charge in [0.25, 0.3) is 10.2 Å². The summed E-state index contributed by atoms with van der Waals surface area (Å²) in [6.45, 7) is 1.87. The zero-order chi connectivity index (χ0) is 18.9. The summed E-state index contributed by atoms with van der Waals surface area (Å²) < 4.78 is 32.0. The molecule has 1 saturated heterocycles. The van der Waals surface area contributed by atoms with Crippen LogP contribution in [0, 0.1) is 0 Å². The molecule has 1 aliphatic rings. The van der Waals surface area contributed by atoms with Crippen LogP contribution in [0.25, 0.3) is 11.0 Å². The molecule has 0 aromatic carbocycles. The molecule has 1 aliphatic heterocycles. The number of hydrogen-bond acceptors (Lipinski definition) is 6. The van der Waals surface area contributed by atoms with Gasteiger partial charge in [-0.1, -0.05) is 11.6 Å². The zero-order valence-electron chi connectivity index (χ0n) is 14.8. The van der Waals surface area contributed by atoms with Crippen molar-refractivity contribution in [2.24, 2.45) is 12.2 Å². The van der Waals surface area contributed by atoms with Crippen molar-refractivity contribution in [3.63, 3.8) is 0 Å². The Morgan fingerprint density at radius 1 is 1.38 bits per heavy atom. The fraction of sp³-hybridized carbons (Fsp3) is 0.600. The summed E-state index contributed by atoms with van der Waals surface area (Å²) >= 11 is 6.35. The number of fused-ring (bicyclic) bond motifs is 1. The number of aromatic nitrogens is 3.